The van der Waals surface area contributed by atoms with Crippen LogP contribution >= 0.6 is 7.82 Å². The summed E-state index contributed by atoms with van der Waals surface area (Å²) >= 11 is 0. The molecule has 0 spiro atoms. The molecule has 0 aromatic carbocycles. The van der Waals surface area contributed by atoms with Crippen LogP contribution in [0, 0.1) is 6.92 Å². The molecule has 0 bridgehead atoms. The Labute approximate surface area is 245 Å². The van der Waals surface area contributed by atoms with E-state index < -0.39 is 79.9 Å². The van der Waals surface area contributed by atoms with Gasteiger partial charge in [0.2, 0.25) is 0 Å². The van der Waals surface area contributed by atoms with E-state index in [4.69, 9.17) is 28.4 Å². The summed E-state index contributed by atoms with van der Waals surface area (Å²) in [5.74, 6) is 0.331. The number of ether oxygens (including phenoxy) is 2. The number of hydrogen-bond acceptors (Lipinski definition) is 15. The molecule has 3 aliphatic rings. The number of aromatic amines is 1. The number of anilines is 1. The molecule has 23 heteroatoms. The highest BCUT2D eigenvalue weighted by atomic mass is 32.2. The van der Waals surface area contributed by atoms with E-state index in [2.05, 4.69) is 34.6 Å². The molecule has 1 unspecified atom stereocenters. The number of aryl methyl sites for hydroxylation is 1. The normalized spacial score (nSPS) is 34.4. The van der Waals surface area contributed by atoms with Crippen molar-refractivity contribution in [3.63, 3.8) is 0 Å². The summed E-state index contributed by atoms with van der Waals surface area (Å²) < 4.78 is 87.0. The summed E-state index contributed by atoms with van der Waals surface area (Å²) in [5.41, 5.74) is 5.78. The van der Waals surface area contributed by atoms with Gasteiger partial charge in [-0.15, -0.1) is 0 Å². The first-order valence-corrected chi connectivity index (χ1v) is 15.9. The zero-order valence-electron chi connectivity index (χ0n) is 22.5. The first-order chi connectivity index (χ1) is 20.9. The number of phosphoric ester groups is 1. The predicted molar refractivity (Wildman–Crippen MR) is 142 cm³/mol. The van der Waals surface area contributed by atoms with E-state index in [1.54, 1.807) is 6.92 Å². The number of halogens is 1. The Bertz CT molecular complexity index is 1970. The molecular weight excluding hydrogens is 634 g/mol. The minimum Gasteiger partial charge on any atom is -0.382 e. The van der Waals surface area contributed by atoms with Crippen LogP contribution in [0.25, 0.3) is 22.3 Å². The van der Waals surface area contributed by atoms with Gasteiger partial charge in [0, 0.05) is 13.0 Å². The van der Waals surface area contributed by atoms with Crippen LogP contribution in [0.15, 0.2) is 23.8 Å². The summed E-state index contributed by atoms with van der Waals surface area (Å²) in [6.45, 7) is 0.262. The second-order valence-electron chi connectivity index (χ2n) is 10.2. The van der Waals surface area contributed by atoms with Crippen molar-refractivity contribution in [2.24, 2.45) is 0 Å². The number of nitrogen functional groups attached to an aromatic ring is 1. The molecule has 3 saturated heterocycles. The Morgan fingerprint density at radius 2 is 1.86 bits per heavy atom. The first-order valence-electron chi connectivity index (χ1n) is 13.0. The number of nitrogens with two attached hydrogens (primary N) is 1. The Balaban J connectivity index is 1.15. The third-order valence-electron chi connectivity index (χ3n) is 7.34. The molecule has 4 aromatic heterocycles. The smallest absolute Gasteiger partial charge is 0.382 e. The maximum absolute atomic E-state index is 15.9. The molecule has 0 amide bonds. The second-order valence-corrected chi connectivity index (χ2v) is 13.0. The standard InChI is InChI=1S/C21H24FN10O10PS/c1-8-29-19-15(20(33)30-8)27-6-31(19)12-2-9-11(39-12)4-38-43(34,35)41-16-10(3-28-44(36,37)42-9)40-21(13(16)22)32-7-26-14-17(23)24-5-25-18(14)32/h5-7,9-13,16,21,28H,2-4H2,1H3,(H,34,35)(H2,23,24,25)(H,29,30,33)/t9-,10+,11+,12+,13+,16+,21+/m0/s1. The van der Waals surface area contributed by atoms with Gasteiger partial charge in [0.05, 0.1) is 19.3 Å². The lowest BCUT2D eigenvalue weighted by molar-refractivity contribution is -0.0469. The van der Waals surface area contributed by atoms with Gasteiger partial charge in [0.15, 0.2) is 35.0 Å². The topological polar surface area (TPSA) is 263 Å². The molecule has 7 heterocycles. The van der Waals surface area contributed by atoms with E-state index in [1.807, 2.05) is 0 Å². The quantitative estimate of drug-likeness (QED) is 0.190. The lowest BCUT2D eigenvalue weighted by atomic mass is 10.1. The highest BCUT2D eigenvalue weighted by molar-refractivity contribution is 7.84. The van der Waals surface area contributed by atoms with E-state index in [-0.39, 0.29) is 34.6 Å². The number of nitrogens with zero attached hydrogens (tertiary/aromatic N) is 7. The Morgan fingerprint density at radius 3 is 2.68 bits per heavy atom. The zero-order chi connectivity index (χ0) is 31.0. The molecule has 3 aliphatic heterocycles. The number of imidazole rings is 2. The lowest BCUT2D eigenvalue weighted by Crippen LogP contribution is -2.43. The largest absolute Gasteiger partial charge is 0.472 e. The van der Waals surface area contributed by atoms with E-state index in [9.17, 15) is 22.7 Å². The monoisotopic (exact) mass is 658 g/mol. The van der Waals surface area contributed by atoms with Gasteiger partial charge in [-0.3, -0.25) is 27.2 Å². The zero-order valence-corrected chi connectivity index (χ0v) is 24.2. The van der Waals surface area contributed by atoms with Crippen molar-refractivity contribution in [2.45, 2.75) is 56.4 Å². The van der Waals surface area contributed by atoms with Crippen molar-refractivity contribution < 1.29 is 45.0 Å². The van der Waals surface area contributed by atoms with Crippen molar-refractivity contribution >= 4 is 46.3 Å². The van der Waals surface area contributed by atoms with Gasteiger partial charge < -0.3 is 25.1 Å². The van der Waals surface area contributed by atoms with Crippen LogP contribution in [-0.4, -0.2) is 96.1 Å². The fourth-order valence-corrected chi connectivity index (χ4v) is 7.29. The average molecular weight is 659 g/mol. The third-order valence-corrected chi connectivity index (χ3v) is 9.34. The number of aromatic nitrogens is 8. The van der Waals surface area contributed by atoms with Gasteiger partial charge in [-0.2, -0.15) is 13.1 Å². The fraction of sp³-hybridized carbons (Fsp3) is 0.524. The van der Waals surface area contributed by atoms with Crippen LogP contribution in [0.4, 0.5) is 10.2 Å². The number of fused-ring (bicyclic) bond motifs is 4. The maximum Gasteiger partial charge on any atom is 0.472 e. The second kappa shape index (κ2) is 10.6. The minimum absolute atomic E-state index is 0.0232. The molecule has 7 rings (SSSR count). The predicted octanol–water partition coefficient (Wildman–Crippen LogP) is -0.891. The highest BCUT2D eigenvalue weighted by Gasteiger charge is 2.52. The van der Waals surface area contributed by atoms with Crippen molar-refractivity contribution in [3.8, 4) is 0 Å². The van der Waals surface area contributed by atoms with Crippen LogP contribution < -0.4 is 16.0 Å². The van der Waals surface area contributed by atoms with Gasteiger partial charge in [0.1, 0.15) is 48.3 Å². The number of phosphoric acid groups is 1. The number of alkyl halides is 1. The summed E-state index contributed by atoms with van der Waals surface area (Å²) in [6.07, 6.45) is -6.75. The van der Waals surface area contributed by atoms with Gasteiger partial charge >= 0.3 is 18.1 Å². The summed E-state index contributed by atoms with van der Waals surface area (Å²) in [7, 11) is -9.53. The van der Waals surface area contributed by atoms with Crippen LogP contribution in [0.1, 0.15) is 24.7 Å². The molecule has 4 aromatic rings. The summed E-state index contributed by atoms with van der Waals surface area (Å²) in [4.78, 5) is 45.6. The number of hydrogen-bond donors (Lipinski definition) is 4. The third kappa shape index (κ3) is 5.16. The number of H-pyrrole nitrogens is 1. The SMILES string of the molecule is Cc1nc2c(ncn2[C@H]2C[C@@H]3OS(=O)(=O)NC[C@H]4O[C@@H](n5cnc6c(N)ncnc65)[C@H](F)[C@@H]4OP(=O)(O)OC[C@H]3O2)c(=O)[nH]1. The van der Waals surface area contributed by atoms with Crippen LogP contribution in [0.5, 0.6) is 0 Å². The Hall–Kier alpha value is -3.47. The number of nitrogens with one attached hydrogen (secondary N) is 2. The van der Waals surface area contributed by atoms with Gasteiger partial charge in [-0.05, 0) is 6.92 Å². The van der Waals surface area contributed by atoms with Crippen LogP contribution in [0.2, 0.25) is 0 Å². The van der Waals surface area contributed by atoms with Crippen LogP contribution in [-0.2, 0) is 37.6 Å². The Morgan fingerprint density at radius 1 is 1.09 bits per heavy atom. The number of rotatable bonds is 2. The molecule has 5 N–H and O–H groups in total. The van der Waals surface area contributed by atoms with E-state index in [1.165, 1.54) is 21.8 Å². The average Bonchev–Trinajstić information content (AvgIpc) is 3.72. The van der Waals surface area contributed by atoms with E-state index in [0.29, 0.717) is 5.82 Å². The molecule has 44 heavy (non-hydrogen) atoms. The van der Waals surface area contributed by atoms with Crippen molar-refractivity contribution in [2.75, 3.05) is 18.9 Å². The van der Waals surface area contributed by atoms with E-state index >= 15 is 4.39 Å². The Kier molecular flexibility index (Phi) is 7.02. The molecule has 3 fully saturated rings. The highest BCUT2D eigenvalue weighted by Crippen LogP contribution is 2.50. The van der Waals surface area contributed by atoms with Gasteiger partial charge in [0.25, 0.3) is 5.56 Å². The van der Waals surface area contributed by atoms with E-state index in [0.717, 1.165) is 6.33 Å². The molecule has 0 aliphatic carbocycles. The summed E-state index contributed by atoms with van der Waals surface area (Å²) in [6, 6.07) is 0. The maximum atomic E-state index is 15.9. The molecular formula is C21H24FN10O10PS. The minimum atomic E-state index is -5.00. The van der Waals surface area contributed by atoms with Gasteiger partial charge in [-0.25, -0.2) is 33.9 Å². The molecule has 236 valence electrons. The van der Waals surface area contributed by atoms with Gasteiger partial charge in [-0.1, -0.05) is 0 Å². The lowest BCUT2D eigenvalue weighted by Gasteiger charge is -2.25. The van der Waals surface area contributed by atoms with Crippen LogP contribution in [0.3, 0.4) is 0 Å². The van der Waals surface area contributed by atoms with Crippen molar-refractivity contribution in [1.29, 1.82) is 0 Å². The first kappa shape index (κ1) is 29.3. The molecule has 0 radical (unpaired) electrons. The molecule has 8 atom stereocenters. The van der Waals surface area contributed by atoms with Crippen molar-refractivity contribution in [1.82, 2.24) is 43.8 Å². The summed E-state index contributed by atoms with van der Waals surface area (Å²) in [5, 5.41) is 0. The molecule has 20 nitrogen and oxygen atoms in total. The fourth-order valence-electron chi connectivity index (χ4n) is 5.37. The molecule has 0 saturated carbocycles. The van der Waals surface area contributed by atoms with Crippen molar-refractivity contribution in [3.05, 3.63) is 35.2 Å².